The van der Waals surface area contributed by atoms with Crippen LogP contribution in [0.25, 0.3) is 6.08 Å². The molecular weight excluding hydrogens is 380 g/mol. The summed E-state index contributed by atoms with van der Waals surface area (Å²) in [5, 5.41) is 12.3. The molecule has 0 unspecified atom stereocenters. The zero-order chi connectivity index (χ0) is 21.1. The molecule has 1 amide bonds. The predicted octanol–water partition coefficient (Wildman–Crippen LogP) is 3.48. The third-order valence-corrected chi connectivity index (χ3v) is 6.91. The number of hydrogen-bond donors (Lipinski definition) is 1. The highest BCUT2D eigenvalue weighted by atomic mass is 16.5. The second-order valence-electron chi connectivity index (χ2n) is 9.22. The van der Waals surface area contributed by atoms with Crippen molar-refractivity contribution in [2.24, 2.45) is 23.2 Å². The van der Waals surface area contributed by atoms with E-state index >= 15 is 0 Å². The molecule has 6 heteroatoms. The summed E-state index contributed by atoms with van der Waals surface area (Å²) in [6.07, 6.45) is 9.14. The first-order chi connectivity index (χ1) is 14.5. The summed E-state index contributed by atoms with van der Waals surface area (Å²) in [6, 6.07) is 8.85. The number of nitrogens with zero attached hydrogens (tertiary/aromatic N) is 1. The minimum absolute atomic E-state index is 0.155. The summed E-state index contributed by atoms with van der Waals surface area (Å²) < 4.78 is 10.2. The predicted molar refractivity (Wildman–Crippen MR) is 111 cm³/mol. The fourth-order valence-corrected chi connectivity index (χ4v) is 6.09. The summed E-state index contributed by atoms with van der Waals surface area (Å²) in [5.41, 5.74) is 0.727. The quantitative estimate of drug-likeness (QED) is 0.424. The largest absolute Gasteiger partial charge is 0.497 e. The van der Waals surface area contributed by atoms with Crippen molar-refractivity contribution in [2.45, 2.75) is 38.5 Å². The van der Waals surface area contributed by atoms with Crippen LogP contribution in [0.3, 0.4) is 0 Å². The third kappa shape index (κ3) is 4.51. The van der Waals surface area contributed by atoms with E-state index in [0.717, 1.165) is 17.8 Å². The highest BCUT2D eigenvalue weighted by molar-refractivity contribution is 5.98. The molecule has 4 fully saturated rings. The fourth-order valence-electron chi connectivity index (χ4n) is 6.09. The summed E-state index contributed by atoms with van der Waals surface area (Å²) in [5.74, 6) is 1.99. The second kappa shape index (κ2) is 8.51. The van der Waals surface area contributed by atoms with Crippen LogP contribution >= 0.6 is 0 Å². The van der Waals surface area contributed by atoms with Crippen molar-refractivity contribution in [3.63, 3.8) is 0 Å². The smallest absolute Gasteiger partial charge is 0.349 e. The first-order valence-electron chi connectivity index (χ1n) is 10.7. The van der Waals surface area contributed by atoms with Gasteiger partial charge in [0, 0.05) is 6.54 Å². The SMILES string of the molecule is COc1cccc(/C=C(\C#N)C(=O)OCC(=O)NCC23CC4CC(CC(C4)C2)C3)c1. The molecule has 0 saturated heterocycles. The number of nitriles is 1. The van der Waals surface area contributed by atoms with Crippen LogP contribution in [0.2, 0.25) is 0 Å². The Morgan fingerprint density at radius 2 is 1.87 bits per heavy atom. The van der Waals surface area contributed by atoms with Crippen molar-refractivity contribution in [3.8, 4) is 11.8 Å². The molecule has 30 heavy (non-hydrogen) atoms. The van der Waals surface area contributed by atoms with E-state index in [1.54, 1.807) is 31.4 Å². The molecule has 1 N–H and O–H groups in total. The normalized spacial score (nSPS) is 29.2. The second-order valence-corrected chi connectivity index (χ2v) is 9.22. The molecule has 1 aromatic carbocycles. The van der Waals surface area contributed by atoms with Crippen molar-refractivity contribution in [1.29, 1.82) is 5.26 Å². The molecule has 6 nitrogen and oxygen atoms in total. The first kappa shape index (κ1) is 20.5. The maximum atomic E-state index is 12.3. The van der Waals surface area contributed by atoms with Crippen LogP contribution in [0.1, 0.15) is 44.1 Å². The van der Waals surface area contributed by atoms with Crippen LogP contribution in [0.4, 0.5) is 0 Å². The monoisotopic (exact) mass is 408 g/mol. The van der Waals surface area contributed by atoms with Gasteiger partial charge in [-0.05, 0) is 85.5 Å². The minimum Gasteiger partial charge on any atom is -0.497 e. The van der Waals surface area contributed by atoms with E-state index in [1.165, 1.54) is 44.6 Å². The number of carbonyl (C=O) groups is 2. The van der Waals surface area contributed by atoms with Gasteiger partial charge in [0.25, 0.3) is 5.91 Å². The molecule has 0 heterocycles. The summed E-state index contributed by atoms with van der Waals surface area (Å²) in [6.45, 7) is 0.292. The first-order valence-corrected chi connectivity index (χ1v) is 10.7. The molecule has 0 radical (unpaired) electrons. The molecule has 0 atom stereocenters. The zero-order valence-corrected chi connectivity index (χ0v) is 17.4. The van der Waals surface area contributed by atoms with Gasteiger partial charge in [0.2, 0.25) is 0 Å². The van der Waals surface area contributed by atoms with Gasteiger partial charge < -0.3 is 14.8 Å². The molecule has 158 valence electrons. The van der Waals surface area contributed by atoms with E-state index in [0.29, 0.717) is 17.9 Å². The van der Waals surface area contributed by atoms with E-state index in [-0.39, 0.29) is 23.5 Å². The fraction of sp³-hybridized carbons (Fsp3) is 0.542. The number of hydrogen-bond acceptors (Lipinski definition) is 5. The topological polar surface area (TPSA) is 88.4 Å². The lowest BCUT2D eigenvalue weighted by molar-refractivity contribution is -0.144. The van der Waals surface area contributed by atoms with Crippen LogP contribution < -0.4 is 10.1 Å². The van der Waals surface area contributed by atoms with E-state index in [4.69, 9.17) is 9.47 Å². The molecule has 4 aliphatic carbocycles. The Morgan fingerprint density at radius 1 is 1.20 bits per heavy atom. The number of esters is 1. The van der Waals surface area contributed by atoms with Crippen molar-refractivity contribution in [1.82, 2.24) is 5.32 Å². The van der Waals surface area contributed by atoms with Crippen molar-refractivity contribution >= 4 is 18.0 Å². The van der Waals surface area contributed by atoms with Gasteiger partial charge in [0.15, 0.2) is 6.61 Å². The Labute approximate surface area is 177 Å². The lowest BCUT2D eigenvalue weighted by Gasteiger charge is -2.56. The Kier molecular flexibility index (Phi) is 5.80. The molecule has 4 aliphatic rings. The maximum Gasteiger partial charge on any atom is 0.349 e. The molecule has 5 rings (SSSR count). The van der Waals surface area contributed by atoms with Gasteiger partial charge in [-0.25, -0.2) is 4.79 Å². The van der Waals surface area contributed by atoms with Crippen LogP contribution in [0.5, 0.6) is 5.75 Å². The number of carbonyl (C=O) groups excluding carboxylic acids is 2. The van der Waals surface area contributed by atoms with Crippen molar-refractivity contribution in [3.05, 3.63) is 35.4 Å². The van der Waals surface area contributed by atoms with Crippen molar-refractivity contribution < 1.29 is 19.1 Å². The minimum atomic E-state index is -0.801. The third-order valence-electron chi connectivity index (χ3n) is 6.91. The number of nitrogens with one attached hydrogen (secondary N) is 1. The van der Waals surface area contributed by atoms with Gasteiger partial charge >= 0.3 is 5.97 Å². The molecule has 0 aliphatic heterocycles. The summed E-state index contributed by atoms with van der Waals surface area (Å²) >= 11 is 0. The van der Waals surface area contributed by atoms with Gasteiger partial charge in [0.05, 0.1) is 7.11 Å². The molecule has 4 bridgehead atoms. The van der Waals surface area contributed by atoms with E-state index in [1.807, 2.05) is 6.07 Å². The molecule has 1 aromatic rings. The lowest BCUT2D eigenvalue weighted by atomic mass is 9.49. The number of methoxy groups -OCH3 is 1. The number of rotatable bonds is 7. The standard InChI is InChI=1S/C24H28N2O4/c1-29-21-4-2-3-16(9-21)8-20(13-25)23(28)30-14-22(27)26-15-24-10-17-5-18(11-24)7-19(6-17)12-24/h2-4,8-9,17-19H,5-7,10-12,14-15H2,1H3,(H,26,27)/b20-8+. The van der Waals surface area contributed by atoms with Gasteiger partial charge in [-0.15, -0.1) is 0 Å². The van der Waals surface area contributed by atoms with Gasteiger partial charge in [-0.1, -0.05) is 12.1 Å². The van der Waals surface area contributed by atoms with Gasteiger partial charge in [0.1, 0.15) is 17.4 Å². The highest BCUT2D eigenvalue weighted by Crippen LogP contribution is 2.59. The van der Waals surface area contributed by atoms with Gasteiger partial charge in [-0.3, -0.25) is 4.79 Å². The van der Waals surface area contributed by atoms with E-state index in [2.05, 4.69) is 5.32 Å². The average molecular weight is 408 g/mol. The zero-order valence-electron chi connectivity index (χ0n) is 17.4. The highest BCUT2D eigenvalue weighted by Gasteiger charge is 2.50. The molecule has 4 saturated carbocycles. The van der Waals surface area contributed by atoms with Crippen molar-refractivity contribution in [2.75, 3.05) is 20.3 Å². The van der Waals surface area contributed by atoms with Crippen LogP contribution in [-0.2, 0) is 14.3 Å². The number of amides is 1. The van der Waals surface area contributed by atoms with Crippen LogP contribution in [0, 0.1) is 34.5 Å². The Morgan fingerprint density at radius 3 is 2.47 bits per heavy atom. The Balaban J connectivity index is 1.28. The molecule has 0 spiro atoms. The average Bonchev–Trinajstić information content (AvgIpc) is 2.73. The molecular formula is C24H28N2O4. The number of ether oxygens (including phenoxy) is 2. The lowest BCUT2D eigenvalue weighted by Crippen LogP contribution is -2.51. The molecule has 0 aromatic heterocycles. The maximum absolute atomic E-state index is 12.3. The summed E-state index contributed by atoms with van der Waals surface area (Å²) in [7, 11) is 1.55. The summed E-state index contributed by atoms with van der Waals surface area (Å²) in [4.78, 5) is 24.5. The van der Waals surface area contributed by atoms with E-state index in [9.17, 15) is 14.9 Å². The van der Waals surface area contributed by atoms with Crippen LogP contribution in [0.15, 0.2) is 29.8 Å². The number of benzene rings is 1. The Hall–Kier alpha value is -2.81. The van der Waals surface area contributed by atoms with E-state index < -0.39 is 5.97 Å². The Bertz CT molecular complexity index is 863. The van der Waals surface area contributed by atoms with Crippen LogP contribution in [-0.4, -0.2) is 32.1 Å². The van der Waals surface area contributed by atoms with Gasteiger partial charge in [-0.2, -0.15) is 5.26 Å².